The maximum Gasteiger partial charge on any atom is 0.497 e. The van der Waals surface area contributed by atoms with Gasteiger partial charge in [-0.25, -0.2) is 54.3 Å². The minimum Gasteiger partial charge on any atom is -0.455 e. The lowest BCUT2D eigenvalue weighted by molar-refractivity contribution is 0.00578. The topological polar surface area (TPSA) is 226 Å². The number of furan rings is 2. The van der Waals surface area contributed by atoms with Crippen LogP contribution < -0.4 is 19.4 Å². The maximum absolute atomic E-state index is 14.7. The third kappa shape index (κ3) is 11.8. The van der Waals surface area contributed by atoms with Crippen LogP contribution >= 0.6 is 11.6 Å². The third-order valence-corrected chi connectivity index (χ3v) is 20.4. The Bertz CT molecular complexity index is 5850. The summed E-state index contributed by atoms with van der Waals surface area (Å²) in [7, 11) is -3.94. The van der Waals surface area contributed by atoms with Crippen LogP contribution in [-0.2, 0) is 29.4 Å². The predicted molar refractivity (Wildman–Crippen MR) is 373 cm³/mol. The fourth-order valence-electron chi connectivity index (χ4n) is 11.8. The molecule has 98 heavy (non-hydrogen) atoms. The average molecular weight is 1380 g/mol. The first kappa shape index (κ1) is 66.4. The van der Waals surface area contributed by atoms with Crippen molar-refractivity contribution < 1.29 is 62.1 Å². The van der Waals surface area contributed by atoms with Crippen molar-refractivity contribution in [3.05, 3.63) is 198 Å². The van der Waals surface area contributed by atoms with E-state index in [9.17, 15) is 44.0 Å². The fraction of sp³-hybridized carbons (Fsp3) is 0.183. The standard InChI is InChI=1S/C32H23F2N5O4S.C25H29BFNO6S.C14H7ClFN3/c1-35-32(40)29-21-13-20(26(38(2)44(3,41)42)15-28(21)43-31(29)17-7-9-18(33)10-8-17)23-11-12-24-30(37-23)27-14-19-22(34)5-4-6-25(19)39(27)16-36-24;1-8-20(29)22-17-13-18(26-33-24(2,3)25(4,5)34-26)19(28(6)35(7,30)31)14-21(17)32-23(22)15-9-11-16(27)12-10-15;15-13-5-4-10-14(18-13)12-6-8-9(16)2-1-3-11(8)19(12)7-17-10/h4-16H,1-3H3,(H,35,40);9-14H,8H2,1-7H3;1-7H. The number of hydrogen-bond donors (Lipinski definition) is 1. The molecule has 15 rings (SSSR count). The van der Waals surface area contributed by atoms with Crippen molar-refractivity contribution in [3.8, 4) is 33.9 Å². The molecule has 6 aromatic carbocycles. The van der Waals surface area contributed by atoms with E-state index in [-0.39, 0.29) is 46.4 Å². The van der Waals surface area contributed by atoms with Crippen molar-refractivity contribution in [2.45, 2.75) is 52.2 Å². The van der Waals surface area contributed by atoms with E-state index >= 15 is 0 Å². The zero-order valence-electron chi connectivity index (χ0n) is 54.2. The Hall–Kier alpha value is -10.2. The molecule has 14 aromatic rings. The van der Waals surface area contributed by atoms with Gasteiger partial charge in [-0.05, 0) is 149 Å². The van der Waals surface area contributed by atoms with Gasteiger partial charge in [0.25, 0.3) is 5.91 Å². The average Bonchev–Trinajstić information content (AvgIpc) is 1.48. The number of pyridine rings is 2. The zero-order chi connectivity index (χ0) is 69.8. The lowest BCUT2D eigenvalue weighted by Gasteiger charge is -2.32. The Balaban J connectivity index is 0.000000142. The minimum atomic E-state index is -3.75. The number of fused-ring (bicyclic) bond motifs is 12. The second kappa shape index (κ2) is 24.7. The monoisotopic (exact) mass is 1380 g/mol. The number of carbonyl (C=O) groups is 2. The number of benzene rings is 6. The molecule has 1 N–H and O–H groups in total. The number of amides is 1. The van der Waals surface area contributed by atoms with Gasteiger partial charge in [0, 0.05) is 83.4 Å². The molecule has 1 saturated heterocycles. The maximum atomic E-state index is 14.7. The number of Topliss-reactive ketones (excluding diaryl/α,β-unsaturated/α-hetero) is 1. The molecule has 0 saturated carbocycles. The van der Waals surface area contributed by atoms with Crippen molar-refractivity contribution in [3.63, 3.8) is 0 Å². The summed E-state index contributed by atoms with van der Waals surface area (Å²) < 4.78 is 137. The van der Waals surface area contributed by atoms with E-state index in [0.717, 1.165) is 37.7 Å². The first-order valence-electron chi connectivity index (χ1n) is 30.5. The second-order valence-electron chi connectivity index (χ2n) is 24.5. The van der Waals surface area contributed by atoms with Gasteiger partial charge in [-0.1, -0.05) is 30.7 Å². The van der Waals surface area contributed by atoms with Crippen LogP contribution in [0.15, 0.2) is 167 Å². The molecule has 27 heteroatoms. The summed E-state index contributed by atoms with van der Waals surface area (Å²) in [5.41, 5.74) is 7.84. The highest BCUT2D eigenvalue weighted by atomic mass is 35.5. The number of sulfonamides is 2. The highest BCUT2D eigenvalue weighted by Gasteiger charge is 2.53. The van der Waals surface area contributed by atoms with Crippen LogP contribution in [0.3, 0.4) is 0 Å². The summed E-state index contributed by atoms with van der Waals surface area (Å²) in [5.74, 6) is -1.60. The fourth-order valence-corrected chi connectivity index (χ4v) is 13.0. The molecule has 19 nitrogen and oxygen atoms in total. The van der Waals surface area contributed by atoms with Gasteiger partial charge in [0.15, 0.2) is 5.78 Å². The van der Waals surface area contributed by atoms with Crippen LogP contribution in [0.5, 0.6) is 0 Å². The van der Waals surface area contributed by atoms with Gasteiger partial charge in [-0.2, -0.15) is 0 Å². The number of hydrogen-bond acceptors (Lipinski definition) is 14. The van der Waals surface area contributed by atoms with E-state index in [1.54, 1.807) is 96.8 Å². The van der Waals surface area contributed by atoms with Crippen molar-refractivity contribution in [1.29, 1.82) is 0 Å². The molecule has 1 aliphatic rings. The molecule has 0 bridgehead atoms. The van der Waals surface area contributed by atoms with Crippen LogP contribution in [0, 0.1) is 23.3 Å². The van der Waals surface area contributed by atoms with Crippen LogP contribution in [0.4, 0.5) is 28.9 Å². The molecule has 8 aromatic heterocycles. The van der Waals surface area contributed by atoms with Gasteiger partial charge >= 0.3 is 7.12 Å². The lowest BCUT2D eigenvalue weighted by Crippen LogP contribution is -2.41. The molecule has 0 unspecified atom stereocenters. The van der Waals surface area contributed by atoms with E-state index in [2.05, 4.69) is 20.3 Å². The molecule has 1 amide bonds. The van der Waals surface area contributed by atoms with Crippen molar-refractivity contribution >= 4 is 144 Å². The third-order valence-electron chi connectivity index (χ3n) is 17.9. The van der Waals surface area contributed by atoms with Crippen LogP contribution in [0.1, 0.15) is 61.8 Å². The van der Waals surface area contributed by atoms with Gasteiger partial charge in [-0.15, -0.1) is 0 Å². The van der Waals surface area contributed by atoms with Crippen molar-refractivity contribution in [2.75, 3.05) is 42.3 Å². The van der Waals surface area contributed by atoms with E-state index < -0.39 is 55.9 Å². The van der Waals surface area contributed by atoms with Gasteiger partial charge in [0.1, 0.15) is 74.8 Å². The number of aromatic nitrogens is 6. The van der Waals surface area contributed by atoms with Crippen molar-refractivity contribution in [1.82, 2.24) is 34.1 Å². The summed E-state index contributed by atoms with van der Waals surface area (Å²) in [6, 6.07) is 37.8. The number of nitrogens with one attached hydrogen (secondary N) is 1. The number of rotatable bonds is 11. The van der Waals surface area contributed by atoms with E-state index in [1.165, 1.54) is 87.9 Å². The first-order chi connectivity index (χ1) is 46.4. The second-order valence-corrected chi connectivity index (χ2v) is 28.9. The Kier molecular flexibility index (Phi) is 16.7. The summed E-state index contributed by atoms with van der Waals surface area (Å²) in [4.78, 5) is 44.3. The van der Waals surface area contributed by atoms with Crippen LogP contribution in [0.25, 0.3) is 111 Å². The Morgan fingerprint density at radius 2 is 1.05 bits per heavy atom. The minimum absolute atomic E-state index is 0.160. The van der Waals surface area contributed by atoms with E-state index in [4.69, 9.17) is 34.7 Å². The normalized spacial score (nSPS) is 13.8. The molecule has 0 spiro atoms. The van der Waals surface area contributed by atoms with Crippen LogP contribution in [-0.4, -0.2) is 109 Å². The molecule has 0 radical (unpaired) electrons. The number of ketones is 1. The number of anilines is 2. The molecule has 1 fully saturated rings. The number of nitrogens with zero attached hydrogens (tertiary/aromatic N) is 8. The first-order valence-corrected chi connectivity index (χ1v) is 34.6. The summed E-state index contributed by atoms with van der Waals surface area (Å²) in [5, 5.41) is 4.90. The largest absolute Gasteiger partial charge is 0.497 e. The molecule has 0 atom stereocenters. The lowest BCUT2D eigenvalue weighted by atomic mass is 9.76. The molecule has 9 heterocycles. The van der Waals surface area contributed by atoms with E-state index in [0.29, 0.717) is 105 Å². The predicted octanol–water partition coefficient (Wildman–Crippen LogP) is 14.5. The summed E-state index contributed by atoms with van der Waals surface area (Å²) in [6.45, 7) is 9.37. The molecular formula is C71H59BClF4N9O10S2. The summed E-state index contributed by atoms with van der Waals surface area (Å²) >= 11 is 5.93. The van der Waals surface area contributed by atoms with Gasteiger partial charge < -0.3 is 23.5 Å². The number of carbonyl (C=O) groups excluding carboxylic acids is 2. The Morgan fingerprint density at radius 3 is 1.55 bits per heavy atom. The molecule has 1 aliphatic heterocycles. The van der Waals surface area contributed by atoms with Gasteiger partial charge in [0.05, 0.1) is 85.0 Å². The molecule has 0 aliphatic carbocycles. The van der Waals surface area contributed by atoms with Gasteiger partial charge in [-0.3, -0.25) is 27.0 Å². The Labute approximate surface area is 563 Å². The van der Waals surface area contributed by atoms with Crippen LogP contribution in [0.2, 0.25) is 5.15 Å². The van der Waals surface area contributed by atoms with Crippen molar-refractivity contribution in [2.24, 2.45) is 0 Å². The molecular weight excluding hydrogens is 1330 g/mol. The SMILES string of the molecule is CCC(=O)c1c(-c2ccc(F)cc2)oc2cc(N(C)S(C)(=O)=O)c(B3OC(C)(C)C(C)(C)O3)cc12.CNC(=O)c1c(-c2ccc(F)cc2)oc2cc(N(C)S(C)(=O)=O)c(-c3ccc4ncn5c6cccc(F)c6cc5c4n3)cc12.Fc1cccc2c1cc1c3nc(Cl)ccc3ncn21. The quantitative estimate of drug-likeness (QED) is 0.0550. The highest BCUT2D eigenvalue weighted by molar-refractivity contribution is 7.92. The highest BCUT2D eigenvalue weighted by Crippen LogP contribution is 2.44. The number of halogens is 5. The smallest absolute Gasteiger partial charge is 0.455 e. The van der Waals surface area contributed by atoms with Gasteiger partial charge in [0.2, 0.25) is 20.0 Å². The molecule has 498 valence electrons. The Morgan fingerprint density at radius 1 is 0.582 bits per heavy atom. The van der Waals surface area contributed by atoms with E-state index in [1.807, 2.05) is 38.2 Å². The summed E-state index contributed by atoms with van der Waals surface area (Å²) in [6.07, 6.45) is 5.68. The zero-order valence-corrected chi connectivity index (χ0v) is 56.6.